The number of aromatic amines is 1. The normalized spacial score (nSPS) is 10.2. The van der Waals surface area contributed by atoms with Gasteiger partial charge in [-0.15, -0.1) is 0 Å². The van der Waals surface area contributed by atoms with Crippen LogP contribution in [0.3, 0.4) is 0 Å². The fourth-order valence-electron chi connectivity index (χ4n) is 1.31. The molecule has 5 nitrogen and oxygen atoms in total. The fourth-order valence-corrected chi connectivity index (χ4v) is 1.31. The summed E-state index contributed by atoms with van der Waals surface area (Å²) in [6.45, 7) is 2.98. The lowest BCUT2D eigenvalue weighted by molar-refractivity contribution is 0.684. The van der Waals surface area contributed by atoms with Crippen molar-refractivity contribution in [2.24, 2.45) is 0 Å². The number of aromatic nitrogens is 2. The van der Waals surface area contributed by atoms with E-state index >= 15 is 0 Å². The monoisotopic (exact) mass is 210 g/mol. The molecule has 0 bridgehead atoms. The fraction of sp³-hybridized carbons (Fsp3) is 0.600. The maximum atomic E-state index is 11.1. The Hall–Kier alpha value is -1.52. The summed E-state index contributed by atoms with van der Waals surface area (Å²) >= 11 is 0. The first-order valence-corrected chi connectivity index (χ1v) is 5.32. The predicted molar refractivity (Wildman–Crippen MR) is 61.9 cm³/mol. The van der Waals surface area contributed by atoms with E-state index < -0.39 is 0 Å². The standard InChI is InChI=1S/C10H18N4O/c1-2-3-4-5-6-12-9-8(11)10(15)14-7-13-9/h7H,2-6,11H2,1H3,(H2,12,13,14,15). The van der Waals surface area contributed by atoms with Crippen LogP contribution in [-0.4, -0.2) is 16.5 Å². The second-order valence-corrected chi connectivity index (χ2v) is 3.48. The van der Waals surface area contributed by atoms with Gasteiger partial charge in [0.25, 0.3) is 5.56 Å². The molecular formula is C10H18N4O. The van der Waals surface area contributed by atoms with Gasteiger partial charge in [-0.2, -0.15) is 0 Å². The van der Waals surface area contributed by atoms with Gasteiger partial charge in [-0.1, -0.05) is 26.2 Å². The van der Waals surface area contributed by atoms with Crippen LogP contribution in [0.4, 0.5) is 11.5 Å². The van der Waals surface area contributed by atoms with Crippen LogP contribution in [0.15, 0.2) is 11.1 Å². The van der Waals surface area contributed by atoms with Crippen molar-refractivity contribution in [1.29, 1.82) is 0 Å². The number of nitrogen functional groups attached to an aromatic ring is 1. The number of hydrogen-bond acceptors (Lipinski definition) is 4. The molecule has 1 rings (SSSR count). The highest BCUT2D eigenvalue weighted by Gasteiger charge is 2.02. The smallest absolute Gasteiger partial charge is 0.276 e. The number of unbranched alkanes of at least 4 members (excludes halogenated alkanes) is 3. The second-order valence-electron chi connectivity index (χ2n) is 3.48. The minimum atomic E-state index is -0.291. The topological polar surface area (TPSA) is 83.8 Å². The Morgan fingerprint density at radius 2 is 2.27 bits per heavy atom. The quantitative estimate of drug-likeness (QED) is 0.619. The van der Waals surface area contributed by atoms with E-state index in [0.717, 1.165) is 13.0 Å². The van der Waals surface area contributed by atoms with Crippen LogP contribution in [0.1, 0.15) is 32.6 Å². The van der Waals surface area contributed by atoms with Gasteiger partial charge in [0.2, 0.25) is 0 Å². The third-order valence-electron chi connectivity index (χ3n) is 2.21. The first kappa shape index (κ1) is 11.6. The van der Waals surface area contributed by atoms with E-state index in [-0.39, 0.29) is 11.2 Å². The number of anilines is 2. The average molecular weight is 210 g/mol. The van der Waals surface area contributed by atoms with Crippen molar-refractivity contribution in [2.45, 2.75) is 32.6 Å². The number of H-pyrrole nitrogens is 1. The van der Waals surface area contributed by atoms with Gasteiger partial charge in [0.1, 0.15) is 5.69 Å². The molecule has 0 aromatic carbocycles. The lowest BCUT2D eigenvalue weighted by Crippen LogP contribution is -2.16. The summed E-state index contributed by atoms with van der Waals surface area (Å²) in [5.74, 6) is 0.482. The molecule has 0 saturated carbocycles. The number of hydrogen-bond donors (Lipinski definition) is 3. The molecular weight excluding hydrogens is 192 g/mol. The third-order valence-corrected chi connectivity index (χ3v) is 2.21. The molecule has 0 spiro atoms. The molecule has 1 heterocycles. The average Bonchev–Trinajstić information content (AvgIpc) is 2.24. The molecule has 4 N–H and O–H groups in total. The summed E-state index contributed by atoms with van der Waals surface area (Å²) in [5, 5.41) is 3.06. The predicted octanol–water partition coefficient (Wildman–Crippen LogP) is 1.34. The van der Waals surface area contributed by atoms with Gasteiger partial charge in [0.15, 0.2) is 5.82 Å². The summed E-state index contributed by atoms with van der Waals surface area (Å²) < 4.78 is 0. The second kappa shape index (κ2) is 6.06. The van der Waals surface area contributed by atoms with Crippen molar-refractivity contribution >= 4 is 11.5 Å². The van der Waals surface area contributed by atoms with E-state index in [0.29, 0.717) is 5.82 Å². The van der Waals surface area contributed by atoms with E-state index in [2.05, 4.69) is 22.2 Å². The van der Waals surface area contributed by atoms with Gasteiger partial charge in [-0.25, -0.2) is 4.98 Å². The van der Waals surface area contributed by atoms with Crippen molar-refractivity contribution in [3.05, 3.63) is 16.7 Å². The molecule has 0 amide bonds. The molecule has 0 aliphatic carbocycles. The summed E-state index contributed by atoms with van der Waals surface area (Å²) in [6, 6.07) is 0. The van der Waals surface area contributed by atoms with Gasteiger partial charge >= 0.3 is 0 Å². The first-order valence-electron chi connectivity index (χ1n) is 5.32. The first-order chi connectivity index (χ1) is 7.25. The Balaban J connectivity index is 2.38. The third kappa shape index (κ3) is 3.61. The van der Waals surface area contributed by atoms with Crippen molar-refractivity contribution in [3.8, 4) is 0 Å². The largest absolute Gasteiger partial charge is 0.391 e. The zero-order valence-corrected chi connectivity index (χ0v) is 9.05. The van der Waals surface area contributed by atoms with Crippen LogP contribution in [0.25, 0.3) is 0 Å². The van der Waals surface area contributed by atoms with Gasteiger partial charge in [0, 0.05) is 6.54 Å². The molecule has 0 aliphatic heterocycles. The molecule has 0 fully saturated rings. The maximum absolute atomic E-state index is 11.1. The Morgan fingerprint density at radius 1 is 1.47 bits per heavy atom. The van der Waals surface area contributed by atoms with Crippen LogP contribution >= 0.6 is 0 Å². The lowest BCUT2D eigenvalue weighted by Gasteiger charge is -2.06. The van der Waals surface area contributed by atoms with Gasteiger partial charge in [0.05, 0.1) is 6.33 Å². The van der Waals surface area contributed by atoms with Crippen molar-refractivity contribution < 1.29 is 0 Å². The zero-order chi connectivity index (χ0) is 11.1. The highest BCUT2D eigenvalue weighted by molar-refractivity contribution is 5.58. The summed E-state index contributed by atoms with van der Waals surface area (Å²) in [7, 11) is 0. The highest BCUT2D eigenvalue weighted by Crippen LogP contribution is 2.07. The highest BCUT2D eigenvalue weighted by atomic mass is 16.1. The van der Waals surface area contributed by atoms with E-state index in [9.17, 15) is 4.79 Å². The Bertz CT molecular complexity index is 348. The lowest BCUT2D eigenvalue weighted by atomic mass is 10.2. The minimum absolute atomic E-state index is 0.160. The Morgan fingerprint density at radius 3 is 3.00 bits per heavy atom. The van der Waals surface area contributed by atoms with E-state index in [1.54, 1.807) is 0 Å². The number of rotatable bonds is 6. The van der Waals surface area contributed by atoms with Crippen molar-refractivity contribution in [2.75, 3.05) is 17.6 Å². The van der Waals surface area contributed by atoms with Crippen LogP contribution < -0.4 is 16.6 Å². The maximum Gasteiger partial charge on any atom is 0.276 e. The molecule has 1 aromatic heterocycles. The van der Waals surface area contributed by atoms with Crippen LogP contribution in [-0.2, 0) is 0 Å². The Labute approximate surface area is 89.1 Å². The molecule has 15 heavy (non-hydrogen) atoms. The van der Waals surface area contributed by atoms with E-state index in [4.69, 9.17) is 5.73 Å². The van der Waals surface area contributed by atoms with Crippen LogP contribution in [0, 0.1) is 0 Å². The van der Waals surface area contributed by atoms with E-state index in [1.165, 1.54) is 25.6 Å². The molecule has 0 atom stereocenters. The SMILES string of the molecule is CCCCCCNc1nc[nH]c(=O)c1N. The number of nitrogens with two attached hydrogens (primary N) is 1. The number of nitrogens with zero attached hydrogens (tertiary/aromatic N) is 1. The summed E-state index contributed by atoms with van der Waals surface area (Å²) in [5.41, 5.74) is 5.42. The van der Waals surface area contributed by atoms with Gasteiger partial charge in [-0.3, -0.25) is 4.79 Å². The summed E-state index contributed by atoms with van der Waals surface area (Å²) in [6.07, 6.45) is 6.06. The van der Waals surface area contributed by atoms with E-state index in [1.807, 2.05) is 0 Å². The molecule has 0 radical (unpaired) electrons. The van der Waals surface area contributed by atoms with Crippen molar-refractivity contribution in [1.82, 2.24) is 9.97 Å². The Kier molecular flexibility index (Phi) is 4.66. The molecule has 5 heteroatoms. The minimum Gasteiger partial charge on any atom is -0.391 e. The summed E-state index contributed by atoms with van der Waals surface area (Å²) in [4.78, 5) is 17.5. The molecule has 0 unspecified atom stereocenters. The van der Waals surface area contributed by atoms with Gasteiger partial charge < -0.3 is 16.0 Å². The molecule has 0 aliphatic rings. The zero-order valence-electron chi connectivity index (χ0n) is 9.05. The molecule has 1 aromatic rings. The van der Waals surface area contributed by atoms with Crippen LogP contribution in [0.5, 0.6) is 0 Å². The molecule has 0 saturated heterocycles. The van der Waals surface area contributed by atoms with Gasteiger partial charge in [-0.05, 0) is 6.42 Å². The molecule has 84 valence electrons. The van der Waals surface area contributed by atoms with Crippen molar-refractivity contribution in [3.63, 3.8) is 0 Å². The number of nitrogens with one attached hydrogen (secondary N) is 2. The van der Waals surface area contributed by atoms with Crippen LogP contribution in [0.2, 0.25) is 0 Å².